The Kier molecular flexibility index (Phi) is 4.79. The van der Waals surface area contributed by atoms with Crippen molar-refractivity contribution >= 4 is 11.3 Å². The van der Waals surface area contributed by atoms with E-state index in [-0.39, 0.29) is 0 Å². The summed E-state index contributed by atoms with van der Waals surface area (Å²) in [5, 5.41) is 0. The standard InChI is InChI=1S/C14H14FNO2S/c15-13-9-5-4-8-12(13)14(16-19(17)18)10-11-6-2-1-3-7-11/h1-9,14,16H,10H2,(H,17,18)/p-1. The molecule has 0 bridgehead atoms. The molecule has 0 saturated heterocycles. The van der Waals surface area contributed by atoms with Crippen molar-refractivity contribution in [2.45, 2.75) is 12.5 Å². The Morgan fingerprint density at radius 2 is 1.74 bits per heavy atom. The Morgan fingerprint density at radius 1 is 1.11 bits per heavy atom. The molecule has 2 rings (SSSR count). The van der Waals surface area contributed by atoms with Crippen LogP contribution in [0.25, 0.3) is 0 Å². The molecule has 0 fully saturated rings. The third-order valence-electron chi connectivity index (χ3n) is 2.80. The number of rotatable bonds is 5. The van der Waals surface area contributed by atoms with Gasteiger partial charge in [0.25, 0.3) is 0 Å². The second-order valence-electron chi connectivity index (χ2n) is 4.12. The quantitative estimate of drug-likeness (QED) is 0.854. The number of hydrogen-bond acceptors (Lipinski definition) is 2. The highest BCUT2D eigenvalue weighted by Gasteiger charge is 2.15. The molecule has 0 aliphatic heterocycles. The maximum absolute atomic E-state index is 13.8. The van der Waals surface area contributed by atoms with Crippen molar-refractivity contribution in [3.63, 3.8) is 0 Å². The van der Waals surface area contributed by atoms with Crippen molar-refractivity contribution < 1.29 is 13.2 Å². The van der Waals surface area contributed by atoms with Crippen molar-refractivity contribution in [1.29, 1.82) is 0 Å². The van der Waals surface area contributed by atoms with E-state index in [0.29, 0.717) is 12.0 Å². The summed E-state index contributed by atoms with van der Waals surface area (Å²) in [6, 6.07) is 14.9. The molecule has 2 atom stereocenters. The van der Waals surface area contributed by atoms with E-state index >= 15 is 0 Å². The molecule has 5 heteroatoms. The Balaban J connectivity index is 2.26. The number of nitrogens with one attached hydrogen (secondary N) is 1. The van der Waals surface area contributed by atoms with E-state index in [1.165, 1.54) is 6.07 Å². The first-order valence-corrected chi connectivity index (χ1v) is 6.88. The summed E-state index contributed by atoms with van der Waals surface area (Å²) in [7, 11) is 0. The molecule has 0 radical (unpaired) electrons. The molecule has 0 heterocycles. The summed E-state index contributed by atoms with van der Waals surface area (Å²) in [5.74, 6) is -0.415. The highest BCUT2D eigenvalue weighted by atomic mass is 32.2. The van der Waals surface area contributed by atoms with Gasteiger partial charge in [0.05, 0.1) is 6.04 Å². The predicted octanol–water partition coefficient (Wildman–Crippen LogP) is 2.49. The first-order chi connectivity index (χ1) is 9.16. The van der Waals surface area contributed by atoms with Gasteiger partial charge in [0.1, 0.15) is 5.82 Å². The number of hydrogen-bond donors (Lipinski definition) is 1. The predicted molar refractivity (Wildman–Crippen MR) is 71.3 cm³/mol. The molecule has 0 amide bonds. The lowest BCUT2D eigenvalue weighted by Crippen LogP contribution is -2.26. The van der Waals surface area contributed by atoms with Crippen molar-refractivity contribution in [3.8, 4) is 0 Å². The Labute approximate surface area is 113 Å². The van der Waals surface area contributed by atoms with Gasteiger partial charge < -0.3 is 4.55 Å². The summed E-state index contributed by atoms with van der Waals surface area (Å²) in [6.45, 7) is 0. The molecule has 0 saturated carbocycles. The molecule has 0 aromatic heterocycles. The molecule has 0 aliphatic carbocycles. The second kappa shape index (κ2) is 6.56. The van der Waals surface area contributed by atoms with E-state index in [9.17, 15) is 13.2 Å². The third-order valence-corrected chi connectivity index (χ3v) is 3.28. The van der Waals surface area contributed by atoms with E-state index in [1.54, 1.807) is 18.2 Å². The minimum Gasteiger partial charge on any atom is -0.760 e. The van der Waals surface area contributed by atoms with Gasteiger partial charge in [-0.1, -0.05) is 48.5 Å². The fourth-order valence-corrected chi connectivity index (χ4v) is 2.38. The van der Waals surface area contributed by atoms with Gasteiger partial charge in [0, 0.05) is 16.8 Å². The second-order valence-corrected chi connectivity index (χ2v) is 4.82. The molecule has 0 spiro atoms. The fourth-order valence-electron chi connectivity index (χ4n) is 1.94. The number of benzene rings is 2. The maximum Gasteiger partial charge on any atom is 0.128 e. The lowest BCUT2D eigenvalue weighted by molar-refractivity contribution is 0.496. The van der Waals surface area contributed by atoms with E-state index in [4.69, 9.17) is 0 Å². The Hall–Kier alpha value is -1.56. The Morgan fingerprint density at radius 3 is 2.37 bits per heavy atom. The third kappa shape index (κ3) is 3.96. The van der Waals surface area contributed by atoms with Crippen LogP contribution in [0.1, 0.15) is 17.2 Å². The van der Waals surface area contributed by atoms with Crippen LogP contribution in [0.15, 0.2) is 54.6 Å². The molecule has 0 aliphatic rings. The van der Waals surface area contributed by atoms with E-state index in [2.05, 4.69) is 4.72 Å². The minimum atomic E-state index is -2.44. The van der Waals surface area contributed by atoms with Crippen molar-refractivity contribution in [3.05, 3.63) is 71.5 Å². The van der Waals surface area contributed by atoms with Crippen LogP contribution in [0.3, 0.4) is 0 Å². The fraction of sp³-hybridized carbons (Fsp3) is 0.143. The van der Waals surface area contributed by atoms with Crippen LogP contribution >= 0.6 is 0 Å². The van der Waals surface area contributed by atoms with Crippen LogP contribution in [0.4, 0.5) is 4.39 Å². The topological polar surface area (TPSA) is 52.2 Å². The molecule has 1 N–H and O–H groups in total. The van der Waals surface area contributed by atoms with Crippen LogP contribution in [0.2, 0.25) is 0 Å². The molecular weight excluding hydrogens is 265 g/mol. The summed E-state index contributed by atoms with van der Waals surface area (Å²) in [5.41, 5.74) is 1.28. The molecule has 100 valence electrons. The van der Waals surface area contributed by atoms with Gasteiger partial charge >= 0.3 is 0 Å². The maximum atomic E-state index is 13.8. The summed E-state index contributed by atoms with van der Waals surface area (Å²) < 4.78 is 37.8. The van der Waals surface area contributed by atoms with Gasteiger partial charge in [0.2, 0.25) is 0 Å². The van der Waals surface area contributed by atoms with Crippen molar-refractivity contribution in [2.75, 3.05) is 0 Å². The monoisotopic (exact) mass is 278 g/mol. The van der Waals surface area contributed by atoms with Gasteiger partial charge in [0.15, 0.2) is 0 Å². The van der Waals surface area contributed by atoms with Crippen LogP contribution in [-0.2, 0) is 17.7 Å². The van der Waals surface area contributed by atoms with E-state index < -0.39 is 23.1 Å². The molecule has 2 aromatic rings. The summed E-state index contributed by atoms with van der Waals surface area (Å²) in [6.07, 6.45) is 0.399. The highest BCUT2D eigenvalue weighted by Crippen LogP contribution is 2.21. The first kappa shape index (κ1) is 13.9. The van der Waals surface area contributed by atoms with Gasteiger partial charge in [-0.05, 0) is 18.1 Å². The van der Waals surface area contributed by atoms with Gasteiger partial charge in [-0.3, -0.25) is 4.21 Å². The molecular formula is C14H13FNO2S-. The van der Waals surface area contributed by atoms with E-state index in [1.807, 2.05) is 30.3 Å². The van der Waals surface area contributed by atoms with Crippen LogP contribution in [0, 0.1) is 5.82 Å². The SMILES string of the molecule is O=S([O-])NC(Cc1ccccc1)c1ccccc1F. The Bertz CT molecular complexity index is 562. The smallest absolute Gasteiger partial charge is 0.128 e. The van der Waals surface area contributed by atoms with Gasteiger partial charge in [-0.25, -0.2) is 9.11 Å². The van der Waals surface area contributed by atoms with Gasteiger partial charge in [-0.2, -0.15) is 0 Å². The summed E-state index contributed by atoms with van der Waals surface area (Å²) in [4.78, 5) is 0. The largest absolute Gasteiger partial charge is 0.760 e. The van der Waals surface area contributed by atoms with Crippen LogP contribution in [0.5, 0.6) is 0 Å². The molecule has 2 aromatic carbocycles. The molecule has 3 nitrogen and oxygen atoms in total. The average Bonchev–Trinajstić information content (AvgIpc) is 2.39. The summed E-state index contributed by atoms with van der Waals surface area (Å²) >= 11 is -2.44. The zero-order chi connectivity index (χ0) is 13.7. The van der Waals surface area contributed by atoms with Crippen LogP contribution in [-0.4, -0.2) is 8.76 Å². The minimum absolute atomic E-state index is 0.343. The highest BCUT2D eigenvalue weighted by molar-refractivity contribution is 7.77. The lowest BCUT2D eigenvalue weighted by atomic mass is 9.99. The molecule has 2 unspecified atom stereocenters. The zero-order valence-corrected chi connectivity index (χ0v) is 10.9. The normalized spacial score (nSPS) is 14.0. The average molecular weight is 278 g/mol. The molecule has 19 heavy (non-hydrogen) atoms. The lowest BCUT2D eigenvalue weighted by Gasteiger charge is -2.21. The van der Waals surface area contributed by atoms with Crippen molar-refractivity contribution in [2.24, 2.45) is 0 Å². The van der Waals surface area contributed by atoms with E-state index in [0.717, 1.165) is 5.56 Å². The van der Waals surface area contributed by atoms with Crippen molar-refractivity contribution in [1.82, 2.24) is 4.72 Å². The van der Waals surface area contributed by atoms with Gasteiger partial charge in [-0.15, -0.1) is 0 Å². The number of halogens is 1. The zero-order valence-electron chi connectivity index (χ0n) is 10.1. The first-order valence-electron chi connectivity index (χ1n) is 5.80. The van der Waals surface area contributed by atoms with Crippen LogP contribution < -0.4 is 4.72 Å².